The van der Waals surface area contributed by atoms with Crippen LogP contribution in [0.5, 0.6) is 0 Å². The first-order chi connectivity index (χ1) is 6.15. The molecule has 1 rings (SSSR count). The summed E-state index contributed by atoms with van der Waals surface area (Å²) in [6.45, 7) is 2.16. The van der Waals surface area contributed by atoms with Gasteiger partial charge in [-0.2, -0.15) is 0 Å². The van der Waals surface area contributed by atoms with Gasteiger partial charge < -0.3 is 10.8 Å². The molecule has 72 valence electrons. The third kappa shape index (κ3) is 2.79. The van der Waals surface area contributed by atoms with Crippen LogP contribution in [0.1, 0.15) is 23.6 Å². The van der Waals surface area contributed by atoms with Crippen LogP contribution in [-0.2, 0) is 0 Å². The molecule has 0 radical (unpaired) electrons. The Balaban J connectivity index is 2.91. The molecular formula is C10H14BrNO. The van der Waals surface area contributed by atoms with Crippen molar-refractivity contribution in [1.82, 2.24) is 0 Å². The van der Waals surface area contributed by atoms with Crippen LogP contribution in [-0.4, -0.2) is 11.7 Å². The molecule has 0 fully saturated rings. The van der Waals surface area contributed by atoms with Crippen molar-refractivity contribution in [3.8, 4) is 0 Å². The van der Waals surface area contributed by atoms with Gasteiger partial charge in [-0.3, -0.25) is 0 Å². The molecule has 1 aromatic carbocycles. The van der Waals surface area contributed by atoms with E-state index in [0.717, 1.165) is 10.0 Å². The molecule has 0 bridgehead atoms. The average molecular weight is 244 g/mol. The molecule has 0 aromatic heterocycles. The first-order valence-electron chi connectivity index (χ1n) is 4.27. The zero-order valence-electron chi connectivity index (χ0n) is 7.63. The molecule has 3 N–H and O–H groups in total. The summed E-state index contributed by atoms with van der Waals surface area (Å²) in [4.78, 5) is 0. The molecule has 1 unspecified atom stereocenters. The first kappa shape index (κ1) is 10.7. The number of hydrogen-bond acceptors (Lipinski definition) is 2. The lowest BCUT2D eigenvalue weighted by Crippen LogP contribution is -2.12. The van der Waals surface area contributed by atoms with E-state index in [1.807, 2.05) is 25.1 Å². The van der Waals surface area contributed by atoms with Crippen LogP contribution in [0, 0.1) is 6.92 Å². The van der Waals surface area contributed by atoms with Gasteiger partial charge >= 0.3 is 0 Å². The zero-order valence-corrected chi connectivity index (χ0v) is 9.21. The molecule has 3 heteroatoms. The van der Waals surface area contributed by atoms with E-state index in [-0.39, 0.29) is 12.6 Å². The number of hydrogen-bond donors (Lipinski definition) is 2. The highest BCUT2D eigenvalue weighted by Gasteiger charge is 2.08. The molecule has 0 saturated carbocycles. The number of aliphatic hydroxyl groups excluding tert-OH is 1. The maximum absolute atomic E-state index is 8.76. The molecule has 13 heavy (non-hydrogen) atoms. The van der Waals surface area contributed by atoms with Crippen LogP contribution in [0.25, 0.3) is 0 Å². The lowest BCUT2D eigenvalue weighted by atomic mass is 10.0. The highest BCUT2D eigenvalue weighted by molar-refractivity contribution is 9.10. The van der Waals surface area contributed by atoms with Crippen LogP contribution in [0.2, 0.25) is 0 Å². The summed E-state index contributed by atoms with van der Waals surface area (Å²) in [6, 6.07) is 5.98. The SMILES string of the molecule is Cc1ccc(Br)c(C(N)CCO)c1. The Morgan fingerprint density at radius 3 is 2.85 bits per heavy atom. The molecule has 0 aliphatic rings. The predicted molar refractivity (Wildman–Crippen MR) is 57.5 cm³/mol. The van der Waals surface area contributed by atoms with Gasteiger partial charge in [0.1, 0.15) is 0 Å². The van der Waals surface area contributed by atoms with E-state index >= 15 is 0 Å². The normalized spacial score (nSPS) is 12.9. The first-order valence-corrected chi connectivity index (χ1v) is 5.07. The number of benzene rings is 1. The number of aryl methyl sites for hydroxylation is 1. The fourth-order valence-corrected chi connectivity index (χ4v) is 1.78. The van der Waals surface area contributed by atoms with E-state index in [1.165, 1.54) is 5.56 Å². The van der Waals surface area contributed by atoms with Crippen molar-refractivity contribution in [2.24, 2.45) is 5.73 Å². The van der Waals surface area contributed by atoms with E-state index < -0.39 is 0 Å². The van der Waals surface area contributed by atoms with Gasteiger partial charge in [0.2, 0.25) is 0 Å². The second-order valence-corrected chi connectivity index (χ2v) is 4.00. The number of nitrogens with two attached hydrogens (primary N) is 1. The molecule has 1 aromatic rings. The van der Waals surface area contributed by atoms with E-state index in [1.54, 1.807) is 0 Å². The van der Waals surface area contributed by atoms with Crippen molar-refractivity contribution in [3.63, 3.8) is 0 Å². The van der Waals surface area contributed by atoms with E-state index in [4.69, 9.17) is 10.8 Å². The molecule has 0 heterocycles. The molecule has 0 amide bonds. The highest BCUT2D eigenvalue weighted by atomic mass is 79.9. The molecule has 0 aliphatic carbocycles. The van der Waals surface area contributed by atoms with Gasteiger partial charge in [0.25, 0.3) is 0 Å². The van der Waals surface area contributed by atoms with E-state index in [0.29, 0.717) is 6.42 Å². The molecule has 1 atom stereocenters. The zero-order chi connectivity index (χ0) is 9.84. The maximum atomic E-state index is 8.76. The largest absolute Gasteiger partial charge is 0.396 e. The minimum atomic E-state index is -0.0840. The average Bonchev–Trinajstić information content (AvgIpc) is 2.09. The quantitative estimate of drug-likeness (QED) is 0.855. The van der Waals surface area contributed by atoms with Gasteiger partial charge in [-0.1, -0.05) is 33.6 Å². The number of halogens is 1. The van der Waals surface area contributed by atoms with Crippen molar-refractivity contribution in [1.29, 1.82) is 0 Å². The highest BCUT2D eigenvalue weighted by Crippen LogP contribution is 2.24. The second kappa shape index (κ2) is 4.74. The van der Waals surface area contributed by atoms with Crippen LogP contribution < -0.4 is 5.73 Å². The smallest absolute Gasteiger partial charge is 0.0449 e. The van der Waals surface area contributed by atoms with Gasteiger partial charge in [-0.05, 0) is 25.0 Å². The Hall–Kier alpha value is -0.380. The monoisotopic (exact) mass is 243 g/mol. The Morgan fingerprint density at radius 1 is 1.54 bits per heavy atom. The van der Waals surface area contributed by atoms with Gasteiger partial charge in [0, 0.05) is 17.1 Å². The fourth-order valence-electron chi connectivity index (χ4n) is 1.24. The van der Waals surface area contributed by atoms with Crippen molar-refractivity contribution in [2.45, 2.75) is 19.4 Å². The summed E-state index contributed by atoms with van der Waals surface area (Å²) in [6.07, 6.45) is 0.599. The van der Waals surface area contributed by atoms with Crippen LogP contribution in [0.3, 0.4) is 0 Å². The Labute approximate surface area is 86.9 Å². The minimum Gasteiger partial charge on any atom is -0.396 e. The summed E-state index contributed by atoms with van der Waals surface area (Å²) >= 11 is 3.44. The fraction of sp³-hybridized carbons (Fsp3) is 0.400. The molecule has 2 nitrogen and oxygen atoms in total. The van der Waals surface area contributed by atoms with Gasteiger partial charge in [0.15, 0.2) is 0 Å². The second-order valence-electron chi connectivity index (χ2n) is 3.14. The van der Waals surface area contributed by atoms with Gasteiger partial charge in [0.05, 0.1) is 0 Å². The Kier molecular flexibility index (Phi) is 3.90. The molecule has 0 aliphatic heterocycles. The summed E-state index contributed by atoms with van der Waals surface area (Å²) in [7, 11) is 0. The van der Waals surface area contributed by atoms with Crippen LogP contribution >= 0.6 is 15.9 Å². The molecule has 0 spiro atoms. The molecule has 0 saturated heterocycles. The Bertz CT molecular complexity index is 288. The lowest BCUT2D eigenvalue weighted by molar-refractivity contribution is 0.276. The van der Waals surface area contributed by atoms with Crippen molar-refractivity contribution < 1.29 is 5.11 Å². The summed E-state index contributed by atoms with van der Waals surface area (Å²) < 4.78 is 1.01. The third-order valence-corrected chi connectivity index (χ3v) is 2.71. The van der Waals surface area contributed by atoms with Crippen molar-refractivity contribution in [3.05, 3.63) is 33.8 Å². The topological polar surface area (TPSA) is 46.2 Å². The predicted octanol–water partition coefficient (Wildman–Crippen LogP) is 2.14. The third-order valence-electron chi connectivity index (χ3n) is 1.99. The van der Waals surface area contributed by atoms with Gasteiger partial charge in [-0.25, -0.2) is 0 Å². The van der Waals surface area contributed by atoms with E-state index in [2.05, 4.69) is 15.9 Å². The lowest BCUT2D eigenvalue weighted by Gasteiger charge is -2.13. The summed E-state index contributed by atoms with van der Waals surface area (Å²) in [5.74, 6) is 0. The number of rotatable bonds is 3. The summed E-state index contributed by atoms with van der Waals surface area (Å²) in [5.41, 5.74) is 8.14. The standard InChI is InChI=1S/C10H14BrNO/c1-7-2-3-9(11)8(6-7)10(12)4-5-13/h2-3,6,10,13H,4-5,12H2,1H3. The minimum absolute atomic E-state index is 0.0840. The summed E-state index contributed by atoms with van der Waals surface area (Å²) in [5, 5.41) is 8.76. The van der Waals surface area contributed by atoms with Crippen LogP contribution in [0.15, 0.2) is 22.7 Å². The van der Waals surface area contributed by atoms with Gasteiger partial charge in [-0.15, -0.1) is 0 Å². The molecular weight excluding hydrogens is 230 g/mol. The Morgan fingerprint density at radius 2 is 2.23 bits per heavy atom. The number of aliphatic hydroxyl groups is 1. The van der Waals surface area contributed by atoms with Crippen molar-refractivity contribution >= 4 is 15.9 Å². The van der Waals surface area contributed by atoms with Crippen LogP contribution in [0.4, 0.5) is 0 Å². The maximum Gasteiger partial charge on any atom is 0.0449 e. The van der Waals surface area contributed by atoms with E-state index in [9.17, 15) is 0 Å². The van der Waals surface area contributed by atoms with Crippen molar-refractivity contribution in [2.75, 3.05) is 6.61 Å².